The van der Waals surface area contributed by atoms with E-state index in [2.05, 4.69) is 27.7 Å². The lowest BCUT2D eigenvalue weighted by molar-refractivity contribution is 0.163. The third-order valence-electron chi connectivity index (χ3n) is 10.7. The molecule has 0 heterocycles. The van der Waals surface area contributed by atoms with Crippen LogP contribution in [0.15, 0.2) is 0 Å². The quantitative estimate of drug-likeness (QED) is 0.303. The molecule has 0 aromatic rings. The minimum atomic E-state index is 0. The van der Waals surface area contributed by atoms with Gasteiger partial charge < -0.3 is 0 Å². The van der Waals surface area contributed by atoms with Crippen LogP contribution >= 0.6 is 0 Å². The Bertz CT molecular complexity index is 411. The molecule has 1 heteroatoms. The van der Waals surface area contributed by atoms with Gasteiger partial charge in [0.15, 0.2) is 0 Å². The molecule has 4 aliphatic carbocycles. The first-order valence-corrected chi connectivity index (χ1v) is 15.6. The van der Waals surface area contributed by atoms with Gasteiger partial charge in [0.2, 0.25) is 0 Å². The highest BCUT2D eigenvalue weighted by Crippen LogP contribution is 2.42. The Morgan fingerprint density at radius 1 is 0.333 bits per heavy atom. The van der Waals surface area contributed by atoms with Crippen molar-refractivity contribution in [3.8, 4) is 0 Å². The summed E-state index contributed by atoms with van der Waals surface area (Å²) in [5, 5.41) is 0. The predicted octanol–water partition coefficient (Wildman–Crippen LogP) is 14.8. The topological polar surface area (TPSA) is 0 Å². The van der Waals surface area contributed by atoms with E-state index in [1.807, 2.05) is 0 Å². The van der Waals surface area contributed by atoms with E-state index >= 15 is 0 Å². The monoisotopic (exact) mass is 561 g/mol. The number of rotatable bonds is 6. The zero-order chi connectivity index (χ0) is 22.8. The summed E-state index contributed by atoms with van der Waals surface area (Å²) in [5.74, 6) is 8.56. The van der Waals surface area contributed by atoms with Gasteiger partial charge in [-0.15, -0.1) is 0 Å². The number of hydrogen-bond acceptors (Lipinski definition) is 0. The van der Waals surface area contributed by atoms with Gasteiger partial charge in [-0.05, 0) is 60.2 Å². The second-order valence-corrected chi connectivity index (χ2v) is 13.3. The molecule has 0 nitrogen and oxygen atoms in total. The van der Waals surface area contributed by atoms with Gasteiger partial charge >= 0.3 is 0 Å². The van der Waals surface area contributed by atoms with E-state index < -0.39 is 0 Å². The minimum absolute atomic E-state index is 0. The highest BCUT2D eigenvalue weighted by atomic mass is 19.0. The molecule has 0 saturated heterocycles. The van der Waals surface area contributed by atoms with Crippen molar-refractivity contribution in [1.29, 1.82) is 0 Å². The third kappa shape index (κ3) is 18.2. The van der Waals surface area contributed by atoms with Crippen molar-refractivity contribution in [3.05, 3.63) is 0 Å². The molecule has 4 rings (SSSR count). The van der Waals surface area contributed by atoms with Gasteiger partial charge in [-0.3, -0.25) is 4.70 Å². The van der Waals surface area contributed by atoms with E-state index in [-0.39, 0.29) is 49.3 Å². The van der Waals surface area contributed by atoms with Crippen LogP contribution in [0, 0.1) is 47.3 Å². The molecule has 0 bridgehead atoms. The molecule has 0 aromatic carbocycles. The van der Waals surface area contributed by atoms with E-state index in [9.17, 15) is 0 Å². The van der Waals surface area contributed by atoms with E-state index in [0.717, 1.165) is 47.3 Å². The maximum absolute atomic E-state index is 2.39. The maximum Gasteiger partial charge on any atom is -0.0411 e. The SMILES string of the molecule is C.C.C.C.C.C.CC1CCC(C)CC1.CCC1CCC(CC2CCC(CC3CCC(CC)CC3)CC2)CC1.F. The summed E-state index contributed by atoms with van der Waals surface area (Å²) >= 11 is 0. The number of halogens is 1. The van der Waals surface area contributed by atoms with Crippen molar-refractivity contribution in [3.63, 3.8) is 0 Å². The lowest BCUT2D eigenvalue weighted by atomic mass is 9.70. The van der Waals surface area contributed by atoms with Crippen LogP contribution in [0.25, 0.3) is 0 Å². The van der Waals surface area contributed by atoms with Crippen LogP contribution in [0.2, 0.25) is 0 Å². The van der Waals surface area contributed by atoms with Crippen LogP contribution in [0.4, 0.5) is 4.70 Å². The van der Waals surface area contributed by atoms with Gasteiger partial charge in [-0.25, -0.2) is 0 Å². The van der Waals surface area contributed by atoms with Crippen LogP contribution in [0.3, 0.4) is 0 Å². The smallest absolute Gasteiger partial charge is 0.0411 e. The van der Waals surface area contributed by atoms with Crippen molar-refractivity contribution >= 4 is 0 Å². The van der Waals surface area contributed by atoms with E-state index in [1.54, 1.807) is 64.2 Å². The van der Waals surface area contributed by atoms with Crippen LogP contribution in [0.5, 0.6) is 0 Å². The predicted molar refractivity (Wildman–Crippen MR) is 186 cm³/mol. The van der Waals surface area contributed by atoms with Crippen LogP contribution in [-0.4, -0.2) is 0 Å². The van der Waals surface area contributed by atoms with Crippen LogP contribution in [0.1, 0.15) is 201 Å². The molecule has 0 unspecified atom stereocenters. The molecule has 4 saturated carbocycles. The average Bonchev–Trinajstić information content (AvgIpc) is 2.84. The van der Waals surface area contributed by atoms with Gasteiger partial charge in [0.05, 0.1) is 0 Å². The number of hydrogen-bond donors (Lipinski definition) is 0. The molecule has 4 fully saturated rings. The fourth-order valence-electron chi connectivity index (χ4n) is 7.82. The molecule has 0 amide bonds. The Labute approximate surface area is 252 Å². The van der Waals surface area contributed by atoms with Gasteiger partial charge in [0, 0.05) is 0 Å². The Kier molecular flexibility index (Phi) is 33.4. The molecule has 0 spiro atoms. The first-order valence-electron chi connectivity index (χ1n) is 15.6. The fraction of sp³-hybridized carbons (Fsp3) is 1.00. The first-order chi connectivity index (χ1) is 15.6. The second-order valence-electron chi connectivity index (χ2n) is 13.3. The summed E-state index contributed by atoms with van der Waals surface area (Å²) in [6.45, 7) is 9.51. The highest BCUT2D eigenvalue weighted by molar-refractivity contribution is 4.81. The molecule has 0 N–H and O–H groups in total. The first kappa shape index (κ1) is 48.6. The van der Waals surface area contributed by atoms with Crippen molar-refractivity contribution in [2.24, 2.45) is 47.3 Å². The molecule has 0 radical (unpaired) electrons. The van der Waals surface area contributed by atoms with Gasteiger partial charge in [-0.1, -0.05) is 188 Å². The van der Waals surface area contributed by atoms with Crippen molar-refractivity contribution in [1.82, 2.24) is 0 Å². The summed E-state index contributed by atoms with van der Waals surface area (Å²) < 4.78 is 0. The Hall–Kier alpha value is -0.0700. The van der Waals surface area contributed by atoms with Gasteiger partial charge in [0.25, 0.3) is 0 Å². The summed E-state index contributed by atoms with van der Waals surface area (Å²) in [6.07, 6.45) is 30.6. The van der Waals surface area contributed by atoms with E-state index in [4.69, 9.17) is 0 Å². The molecule has 4 aliphatic rings. The maximum atomic E-state index is 2.39. The van der Waals surface area contributed by atoms with E-state index in [0.29, 0.717) is 0 Å². The molecule has 244 valence electrons. The zero-order valence-electron chi connectivity index (χ0n) is 23.2. The van der Waals surface area contributed by atoms with Gasteiger partial charge in [-0.2, -0.15) is 0 Å². The summed E-state index contributed by atoms with van der Waals surface area (Å²) in [5.41, 5.74) is 0. The molecular formula is C38H85F. The second kappa shape index (κ2) is 26.8. The third-order valence-corrected chi connectivity index (χ3v) is 10.7. The molecule has 0 atom stereocenters. The van der Waals surface area contributed by atoms with Gasteiger partial charge in [0.1, 0.15) is 0 Å². The molecule has 39 heavy (non-hydrogen) atoms. The van der Waals surface area contributed by atoms with Crippen molar-refractivity contribution in [2.45, 2.75) is 201 Å². The Balaban J connectivity index is -0.000000226. The standard InChI is InChI=1S/C24H44.C8H16.6CH4.FH/c1-3-19-5-9-21(10-6-19)17-23-13-15-24(16-14-23)18-22-11-7-20(4-2)8-12-22;1-7-3-5-8(2)6-4-7;;;;;;;/h19-24H,3-18H2,1-2H3;7-8H,3-6H2,1-2H3;6*1H4;1H. The normalized spacial score (nSPS) is 33.5. The van der Waals surface area contributed by atoms with Crippen molar-refractivity contribution in [2.75, 3.05) is 0 Å². The van der Waals surface area contributed by atoms with Crippen LogP contribution in [-0.2, 0) is 0 Å². The molecule has 0 aromatic heterocycles. The Morgan fingerprint density at radius 2 is 0.513 bits per heavy atom. The highest BCUT2D eigenvalue weighted by Gasteiger charge is 2.29. The van der Waals surface area contributed by atoms with Crippen LogP contribution < -0.4 is 0 Å². The largest absolute Gasteiger partial charge is 0.269 e. The Morgan fingerprint density at radius 3 is 0.692 bits per heavy atom. The molecular weight excluding hydrogens is 475 g/mol. The summed E-state index contributed by atoms with van der Waals surface area (Å²) in [4.78, 5) is 0. The summed E-state index contributed by atoms with van der Waals surface area (Å²) in [7, 11) is 0. The zero-order valence-corrected chi connectivity index (χ0v) is 23.2. The lowest BCUT2D eigenvalue weighted by Crippen LogP contribution is -2.23. The summed E-state index contributed by atoms with van der Waals surface area (Å²) in [6, 6.07) is 0. The van der Waals surface area contributed by atoms with E-state index in [1.165, 1.54) is 64.2 Å². The average molecular weight is 561 g/mol. The molecule has 0 aliphatic heterocycles. The minimum Gasteiger partial charge on any atom is -0.269 e. The lowest BCUT2D eigenvalue weighted by Gasteiger charge is -2.36. The van der Waals surface area contributed by atoms with Crippen molar-refractivity contribution < 1.29 is 4.70 Å². The fourth-order valence-corrected chi connectivity index (χ4v) is 7.82.